The standard InChI is InChI=1S/C17H19NO6S/c1-22-15-9-8-14(10-16(15)23-2)18-25(20,21)11-12-4-6-13(7-5-12)17(19)24-3/h4-10,18H,11H2,1-3H3. The molecule has 0 atom stereocenters. The van der Waals surface area contributed by atoms with Crippen molar-refractivity contribution in [2.45, 2.75) is 5.75 Å². The molecule has 134 valence electrons. The number of carbonyl (C=O) groups is 1. The predicted molar refractivity (Wildman–Crippen MR) is 93.6 cm³/mol. The molecule has 0 aliphatic heterocycles. The Hall–Kier alpha value is -2.74. The maximum absolute atomic E-state index is 12.3. The second-order valence-electron chi connectivity index (χ2n) is 5.12. The van der Waals surface area contributed by atoms with Gasteiger partial charge < -0.3 is 14.2 Å². The quantitative estimate of drug-likeness (QED) is 0.758. The van der Waals surface area contributed by atoms with Gasteiger partial charge in [-0.15, -0.1) is 0 Å². The molecule has 0 fully saturated rings. The van der Waals surface area contributed by atoms with Crippen LogP contribution in [0.15, 0.2) is 42.5 Å². The van der Waals surface area contributed by atoms with Gasteiger partial charge in [0.25, 0.3) is 0 Å². The molecule has 2 aromatic carbocycles. The molecule has 0 bridgehead atoms. The Balaban J connectivity index is 2.13. The van der Waals surface area contributed by atoms with Crippen LogP contribution in [0.5, 0.6) is 11.5 Å². The summed E-state index contributed by atoms with van der Waals surface area (Å²) >= 11 is 0. The average molecular weight is 365 g/mol. The highest BCUT2D eigenvalue weighted by molar-refractivity contribution is 7.91. The number of anilines is 1. The van der Waals surface area contributed by atoms with Crippen molar-refractivity contribution in [2.24, 2.45) is 0 Å². The molecular weight excluding hydrogens is 346 g/mol. The minimum absolute atomic E-state index is 0.233. The first kappa shape index (κ1) is 18.6. The molecule has 0 amide bonds. The molecule has 2 aromatic rings. The van der Waals surface area contributed by atoms with Gasteiger partial charge in [-0.2, -0.15) is 0 Å². The third kappa shape index (κ3) is 4.87. The Morgan fingerprint density at radius 1 is 0.960 bits per heavy atom. The van der Waals surface area contributed by atoms with Crippen molar-refractivity contribution >= 4 is 21.7 Å². The smallest absolute Gasteiger partial charge is 0.337 e. The van der Waals surface area contributed by atoms with E-state index in [0.717, 1.165) is 0 Å². The second kappa shape index (κ2) is 7.89. The van der Waals surface area contributed by atoms with Gasteiger partial charge in [-0.05, 0) is 29.8 Å². The molecule has 0 spiro atoms. The van der Waals surface area contributed by atoms with E-state index in [4.69, 9.17) is 9.47 Å². The van der Waals surface area contributed by atoms with Gasteiger partial charge in [-0.1, -0.05) is 12.1 Å². The Kier molecular flexibility index (Phi) is 5.87. The molecule has 0 saturated heterocycles. The van der Waals surface area contributed by atoms with Crippen molar-refractivity contribution < 1.29 is 27.4 Å². The molecule has 2 rings (SSSR count). The van der Waals surface area contributed by atoms with Crippen LogP contribution in [0.25, 0.3) is 0 Å². The highest BCUT2D eigenvalue weighted by Crippen LogP contribution is 2.30. The van der Waals surface area contributed by atoms with Crippen LogP contribution < -0.4 is 14.2 Å². The summed E-state index contributed by atoms with van der Waals surface area (Å²) in [6.45, 7) is 0. The number of benzene rings is 2. The zero-order valence-electron chi connectivity index (χ0n) is 14.1. The van der Waals surface area contributed by atoms with Crippen LogP contribution in [0, 0.1) is 0 Å². The van der Waals surface area contributed by atoms with E-state index in [1.165, 1.54) is 39.5 Å². The van der Waals surface area contributed by atoms with E-state index in [9.17, 15) is 13.2 Å². The van der Waals surface area contributed by atoms with Crippen LogP contribution in [-0.2, 0) is 20.5 Å². The van der Waals surface area contributed by atoms with Crippen LogP contribution in [-0.4, -0.2) is 35.7 Å². The van der Waals surface area contributed by atoms with Gasteiger partial charge in [-0.25, -0.2) is 13.2 Å². The number of ether oxygens (including phenoxy) is 3. The largest absolute Gasteiger partial charge is 0.493 e. The lowest BCUT2D eigenvalue weighted by atomic mass is 10.1. The number of carbonyl (C=O) groups excluding carboxylic acids is 1. The normalized spacial score (nSPS) is 10.8. The third-order valence-corrected chi connectivity index (χ3v) is 4.65. The van der Waals surface area contributed by atoms with Crippen LogP contribution >= 0.6 is 0 Å². The van der Waals surface area contributed by atoms with Crippen molar-refractivity contribution in [3.63, 3.8) is 0 Å². The molecule has 25 heavy (non-hydrogen) atoms. The van der Waals surface area contributed by atoms with E-state index < -0.39 is 16.0 Å². The highest BCUT2D eigenvalue weighted by Gasteiger charge is 2.14. The van der Waals surface area contributed by atoms with Gasteiger partial charge in [-0.3, -0.25) is 4.72 Å². The Bertz CT molecular complexity index is 846. The number of rotatable bonds is 7. The summed E-state index contributed by atoms with van der Waals surface area (Å²) < 4.78 is 42.0. The van der Waals surface area contributed by atoms with E-state index >= 15 is 0 Å². The minimum Gasteiger partial charge on any atom is -0.493 e. The lowest BCUT2D eigenvalue weighted by Gasteiger charge is -2.12. The summed E-state index contributed by atoms with van der Waals surface area (Å²) in [5.74, 6) is 0.217. The van der Waals surface area contributed by atoms with Gasteiger partial charge in [0, 0.05) is 6.07 Å². The molecular formula is C17H19NO6S. The first-order valence-corrected chi connectivity index (χ1v) is 8.93. The van der Waals surface area contributed by atoms with Crippen LogP contribution in [0.2, 0.25) is 0 Å². The van der Waals surface area contributed by atoms with E-state index in [1.807, 2.05) is 0 Å². The van der Waals surface area contributed by atoms with Crippen molar-refractivity contribution in [3.05, 3.63) is 53.6 Å². The highest BCUT2D eigenvalue weighted by atomic mass is 32.2. The van der Waals surface area contributed by atoms with Crippen LogP contribution in [0.1, 0.15) is 15.9 Å². The van der Waals surface area contributed by atoms with E-state index in [0.29, 0.717) is 28.3 Å². The van der Waals surface area contributed by atoms with Gasteiger partial charge in [0.05, 0.1) is 38.3 Å². The summed E-state index contributed by atoms with van der Waals surface area (Å²) in [5, 5.41) is 0. The number of esters is 1. The van der Waals surface area contributed by atoms with Crippen LogP contribution in [0.3, 0.4) is 0 Å². The zero-order chi connectivity index (χ0) is 18.4. The Morgan fingerprint density at radius 2 is 1.60 bits per heavy atom. The fraction of sp³-hybridized carbons (Fsp3) is 0.235. The lowest BCUT2D eigenvalue weighted by molar-refractivity contribution is 0.0600. The first-order valence-electron chi connectivity index (χ1n) is 7.28. The summed E-state index contributed by atoms with van der Waals surface area (Å²) in [7, 11) is 0.623. The van der Waals surface area contributed by atoms with Crippen molar-refractivity contribution in [1.82, 2.24) is 0 Å². The second-order valence-corrected chi connectivity index (χ2v) is 6.84. The molecule has 0 saturated carbocycles. The molecule has 0 aliphatic rings. The summed E-state index contributed by atoms with van der Waals surface area (Å²) in [6.07, 6.45) is 0. The van der Waals surface area contributed by atoms with E-state index in [-0.39, 0.29) is 5.75 Å². The molecule has 1 N–H and O–H groups in total. The van der Waals surface area contributed by atoms with E-state index in [2.05, 4.69) is 9.46 Å². The molecule has 0 aliphatic carbocycles. The number of nitrogens with one attached hydrogen (secondary N) is 1. The lowest BCUT2D eigenvalue weighted by Crippen LogP contribution is -2.15. The summed E-state index contributed by atoms with van der Waals surface area (Å²) in [5.41, 5.74) is 1.26. The zero-order valence-corrected chi connectivity index (χ0v) is 14.9. The number of sulfonamides is 1. The fourth-order valence-electron chi connectivity index (χ4n) is 2.19. The van der Waals surface area contributed by atoms with Gasteiger partial charge in [0.15, 0.2) is 11.5 Å². The Labute approximate surface area is 146 Å². The average Bonchev–Trinajstić information content (AvgIpc) is 2.60. The maximum atomic E-state index is 12.3. The van der Waals surface area contributed by atoms with Gasteiger partial charge >= 0.3 is 5.97 Å². The summed E-state index contributed by atoms with van der Waals surface area (Å²) in [4.78, 5) is 11.4. The predicted octanol–water partition coefficient (Wildman–Crippen LogP) is 2.43. The van der Waals surface area contributed by atoms with Crippen LogP contribution in [0.4, 0.5) is 5.69 Å². The maximum Gasteiger partial charge on any atom is 0.337 e. The molecule has 0 heterocycles. The first-order chi connectivity index (χ1) is 11.9. The number of hydrogen-bond donors (Lipinski definition) is 1. The monoisotopic (exact) mass is 365 g/mol. The number of hydrogen-bond acceptors (Lipinski definition) is 6. The SMILES string of the molecule is COC(=O)c1ccc(CS(=O)(=O)Nc2ccc(OC)c(OC)c2)cc1. The topological polar surface area (TPSA) is 90.9 Å². The van der Waals surface area contributed by atoms with E-state index in [1.54, 1.807) is 24.3 Å². The fourth-order valence-corrected chi connectivity index (χ4v) is 3.38. The molecule has 0 radical (unpaired) electrons. The molecule has 0 unspecified atom stereocenters. The molecule has 7 nitrogen and oxygen atoms in total. The number of methoxy groups -OCH3 is 3. The van der Waals surface area contributed by atoms with Crippen molar-refractivity contribution in [2.75, 3.05) is 26.1 Å². The van der Waals surface area contributed by atoms with Crippen molar-refractivity contribution in [3.8, 4) is 11.5 Å². The molecule has 0 aromatic heterocycles. The third-order valence-electron chi connectivity index (χ3n) is 3.39. The van der Waals surface area contributed by atoms with Gasteiger partial charge in [0.2, 0.25) is 10.0 Å². The minimum atomic E-state index is -3.63. The van der Waals surface area contributed by atoms with Crippen molar-refractivity contribution in [1.29, 1.82) is 0 Å². The molecule has 8 heteroatoms. The summed E-state index contributed by atoms with van der Waals surface area (Å²) in [6, 6.07) is 10.9. The Morgan fingerprint density at radius 3 is 2.16 bits per heavy atom. The van der Waals surface area contributed by atoms with Gasteiger partial charge in [0.1, 0.15) is 0 Å².